The molecule has 0 N–H and O–H groups in total. The van der Waals surface area contributed by atoms with Crippen LogP contribution in [0.2, 0.25) is 15.1 Å². The molecule has 0 atom stereocenters. The molecule has 116 valence electrons. The standard InChI is InChI=1S/C14H7Cl3F3NO/c15-8-1-2-9(10(16)4-8)13(22)5-12-11(17)3-7(6-21-12)14(18,19)20/h1-4,6H,5H2. The van der Waals surface area contributed by atoms with Crippen molar-refractivity contribution in [2.45, 2.75) is 12.6 Å². The quantitative estimate of drug-likeness (QED) is 0.671. The highest BCUT2D eigenvalue weighted by Crippen LogP contribution is 2.31. The van der Waals surface area contributed by atoms with Crippen LogP contribution in [0.3, 0.4) is 0 Å². The van der Waals surface area contributed by atoms with E-state index in [1.165, 1.54) is 18.2 Å². The van der Waals surface area contributed by atoms with Crippen molar-refractivity contribution >= 4 is 40.6 Å². The fourth-order valence-corrected chi connectivity index (χ4v) is 2.46. The number of ketones is 1. The lowest BCUT2D eigenvalue weighted by molar-refractivity contribution is -0.137. The molecule has 1 heterocycles. The maximum atomic E-state index is 12.5. The highest BCUT2D eigenvalue weighted by Gasteiger charge is 2.31. The second-order valence-corrected chi connectivity index (χ2v) is 5.63. The molecule has 2 aromatic rings. The van der Waals surface area contributed by atoms with E-state index < -0.39 is 17.5 Å². The van der Waals surface area contributed by atoms with Crippen LogP contribution in [0, 0.1) is 0 Å². The Morgan fingerprint density at radius 3 is 2.32 bits per heavy atom. The van der Waals surface area contributed by atoms with E-state index in [-0.39, 0.29) is 27.7 Å². The number of benzene rings is 1. The molecular weight excluding hydrogens is 362 g/mol. The molecule has 0 aliphatic heterocycles. The van der Waals surface area contributed by atoms with E-state index in [0.29, 0.717) is 11.2 Å². The normalized spacial score (nSPS) is 11.5. The molecular formula is C14H7Cl3F3NO. The molecule has 0 fully saturated rings. The predicted octanol–water partition coefficient (Wildman–Crippen LogP) is 5.49. The molecule has 0 saturated heterocycles. The van der Waals surface area contributed by atoms with Crippen LogP contribution >= 0.6 is 34.8 Å². The average molecular weight is 369 g/mol. The van der Waals surface area contributed by atoms with Crippen molar-refractivity contribution in [3.63, 3.8) is 0 Å². The zero-order valence-corrected chi connectivity index (χ0v) is 13.0. The SMILES string of the molecule is O=C(Cc1ncc(C(F)(F)F)cc1Cl)c1ccc(Cl)cc1Cl. The van der Waals surface area contributed by atoms with Crippen LogP contribution in [0.4, 0.5) is 13.2 Å². The summed E-state index contributed by atoms with van der Waals surface area (Å²) < 4.78 is 37.6. The summed E-state index contributed by atoms with van der Waals surface area (Å²) in [5.41, 5.74) is -0.729. The molecule has 0 saturated carbocycles. The van der Waals surface area contributed by atoms with Gasteiger partial charge in [-0.3, -0.25) is 9.78 Å². The third kappa shape index (κ3) is 3.91. The number of carbonyl (C=O) groups is 1. The second kappa shape index (κ2) is 6.44. The summed E-state index contributed by atoms with van der Waals surface area (Å²) in [7, 11) is 0. The van der Waals surface area contributed by atoms with Gasteiger partial charge in [-0.2, -0.15) is 13.2 Å². The lowest BCUT2D eigenvalue weighted by Gasteiger charge is -2.09. The van der Waals surface area contributed by atoms with E-state index in [1.54, 1.807) is 0 Å². The Labute approximate surface area is 138 Å². The number of rotatable bonds is 3. The molecule has 8 heteroatoms. The van der Waals surface area contributed by atoms with Gasteiger partial charge >= 0.3 is 6.18 Å². The number of pyridine rings is 1. The molecule has 1 aromatic heterocycles. The third-order valence-corrected chi connectivity index (χ3v) is 3.68. The molecule has 2 nitrogen and oxygen atoms in total. The largest absolute Gasteiger partial charge is 0.417 e. The van der Waals surface area contributed by atoms with Crippen LogP contribution in [0.5, 0.6) is 0 Å². The Hall–Kier alpha value is -1.30. The van der Waals surface area contributed by atoms with E-state index in [0.717, 1.165) is 6.07 Å². The zero-order chi connectivity index (χ0) is 16.5. The van der Waals surface area contributed by atoms with E-state index in [2.05, 4.69) is 4.98 Å². The first-order valence-electron chi connectivity index (χ1n) is 5.88. The predicted molar refractivity (Wildman–Crippen MR) is 78.7 cm³/mol. The molecule has 0 amide bonds. The number of Topliss-reactive ketones (excluding diaryl/α,β-unsaturated/α-hetero) is 1. The number of halogens is 6. The first-order chi connectivity index (χ1) is 10.2. The van der Waals surface area contributed by atoms with Gasteiger partial charge in [0.1, 0.15) is 0 Å². The van der Waals surface area contributed by atoms with Gasteiger partial charge in [-0.15, -0.1) is 0 Å². The molecule has 1 aromatic carbocycles. The fourth-order valence-electron chi connectivity index (χ4n) is 1.71. The van der Waals surface area contributed by atoms with Gasteiger partial charge in [0.2, 0.25) is 0 Å². The third-order valence-electron chi connectivity index (χ3n) is 2.80. The number of carbonyl (C=O) groups excluding carboxylic acids is 1. The summed E-state index contributed by atoms with van der Waals surface area (Å²) in [6, 6.07) is 5.06. The van der Waals surface area contributed by atoms with Gasteiger partial charge in [0.25, 0.3) is 0 Å². The Morgan fingerprint density at radius 1 is 1.09 bits per heavy atom. The van der Waals surface area contributed by atoms with Gasteiger partial charge in [0, 0.05) is 16.8 Å². The van der Waals surface area contributed by atoms with Crippen molar-refractivity contribution in [3.05, 3.63) is 62.4 Å². The van der Waals surface area contributed by atoms with Crippen molar-refractivity contribution in [2.75, 3.05) is 0 Å². The molecule has 0 aliphatic carbocycles. The minimum atomic E-state index is -4.54. The monoisotopic (exact) mass is 367 g/mol. The van der Waals surface area contributed by atoms with Crippen LogP contribution in [0.25, 0.3) is 0 Å². The Bertz CT molecular complexity index is 732. The molecule has 0 bridgehead atoms. The highest BCUT2D eigenvalue weighted by atomic mass is 35.5. The van der Waals surface area contributed by atoms with Crippen molar-refractivity contribution < 1.29 is 18.0 Å². The fraction of sp³-hybridized carbons (Fsp3) is 0.143. The van der Waals surface area contributed by atoms with E-state index >= 15 is 0 Å². The first-order valence-corrected chi connectivity index (χ1v) is 7.01. The lowest BCUT2D eigenvalue weighted by atomic mass is 10.1. The van der Waals surface area contributed by atoms with Crippen molar-refractivity contribution in [1.29, 1.82) is 0 Å². The number of alkyl halides is 3. The molecule has 0 spiro atoms. The Morgan fingerprint density at radius 2 is 1.77 bits per heavy atom. The number of aromatic nitrogens is 1. The van der Waals surface area contributed by atoms with E-state index in [1.807, 2.05) is 0 Å². The average Bonchev–Trinajstić information content (AvgIpc) is 2.39. The van der Waals surface area contributed by atoms with Crippen LogP contribution in [0.1, 0.15) is 21.6 Å². The lowest BCUT2D eigenvalue weighted by Crippen LogP contribution is -2.10. The van der Waals surface area contributed by atoms with Crippen molar-refractivity contribution in [1.82, 2.24) is 4.98 Å². The summed E-state index contributed by atoms with van der Waals surface area (Å²) in [5.74, 6) is -0.421. The first kappa shape index (κ1) is 17.1. The summed E-state index contributed by atoms with van der Waals surface area (Å²) in [6.07, 6.45) is -4.17. The van der Waals surface area contributed by atoms with Gasteiger partial charge in [-0.05, 0) is 24.3 Å². The molecule has 22 heavy (non-hydrogen) atoms. The van der Waals surface area contributed by atoms with Crippen LogP contribution in [-0.4, -0.2) is 10.8 Å². The Balaban J connectivity index is 2.25. The topological polar surface area (TPSA) is 30.0 Å². The van der Waals surface area contributed by atoms with Gasteiger partial charge in [-0.25, -0.2) is 0 Å². The summed E-state index contributed by atoms with van der Waals surface area (Å²) >= 11 is 17.4. The van der Waals surface area contributed by atoms with Crippen molar-refractivity contribution in [3.8, 4) is 0 Å². The van der Waals surface area contributed by atoms with Crippen molar-refractivity contribution in [2.24, 2.45) is 0 Å². The minimum absolute atomic E-state index is 0.0469. The summed E-state index contributed by atoms with van der Waals surface area (Å²) in [6.45, 7) is 0. The second-order valence-electron chi connectivity index (χ2n) is 4.37. The maximum absolute atomic E-state index is 12.5. The van der Waals surface area contributed by atoms with Crippen LogP contribution < -0.4 is 0 Å². The van der Waals surface area contributed by atoms with Gasteiger partial charge < -0.3 is 0 Å². The summed E-state index contributed by atoms with van der Waals surface area (Å²) in [4.78, 5) is 15.7. The smallest absolute Gasteiger partial charge is 0.294 e. The van der Waals surface area contributed by atoms with E-state index in [4.69, 9.17) is 34.8 Å². The molecule has 2 rings (SSSR count). The van der Waals surface area contributed by atoms with Gasteiger partial charge in [0.15, 0.2) is 5.78 Å². The zero-order valence-electron chi connectivity index (χ0n) is 10.7. The Kier molecular flexibility index (Phi) is 5.00. The number of hydrogen-bond donors (Lipinski definition) is 0. The number of hydrogen-bond acceptors (Lipinski definition) is 2. The van der Waals surface area contributed by atoms with Crippen LogP contribution in [0.15, 0.2) is 30.5 Å². The maximum Gasteiger partial charge on any atom is 0.417 e. The van der Waals surface area contributed by atoms with E-state index in [9.17, 15) is 18.0 Å². The summed E-state index contributed by atoms with van der Waals surface area (Å²) in [5, 5.41) is 0.293. The number of nitrogens with zero attached hydrogens (tertiary/aromatic N) is 1. The molecule has 0 unspecified atom stereocenters. The minimum Gasteiger partial charge on any atom is -0.294 e. The van der Waals surface area contributed by atoms with Crippen LogP contribution in [-0.2, 0) is 12.6 Å². The van der Waals surface area contributed by atoms with Gasteiger partial charge in [-0.1, -0.05) is 34.8 Å². The van der Waals surface area contributed by atoms with Gasteiger partial charge in [0.05, 0.1) is 27.7 Å². The molecule has 0 radical (unpaired) electrons. The highest BCUT2D eigenvalue weighted by molar-refractivity contribution is 6.37. The molecule has 0 aliphatic rings.